The number of likely N-dealkylation sites (tertiary alicyclic amines) is 1. The average Bonchev–Trinajstić information content (AvgIpc) is 3.34. The lowest BCUT2D eigenvalue weighted by atomic mass is 10.1. The van der Waals surface area contributed by atoms with Crippen LogP contribution in [0.15, 0.2) is 30.7 Å². The van der Waals surface area contributed by atoms with Gasteiger partial charge in [-0.2, -0.15) is 14.4 Å². The fourth-order valence-electron chi connectivity index (χ4n) is 3.86. The Morgan fingerprint density at radius 2 is 2.20 bits per heavy atom. The van der Waals surface area contributed by atoms with Gasteiger partial charge in [-0.1, -0.05) is 0 Å². The van der Waals surface area contributed by atoms with Crippen molar-refractivity contribution in [1.29, 1.82) is 0 Å². The van der Waals surface area contributed by atoms with Gasteiger partial charge in [0.05, 0.1) is 18.7 Å². The molecule has 4 aromatic rings. The number of piperidine rings is 1. The number of ether oxygens (including phenoxy) is 1. The third-order valence-corrected chi connectivity index (χ3v) is 5.42. The summed E-state index contributed by atoms with van der Waals surface area (Å²) in [4.78, 5) is 29.7. The normalized spacial score (nSPS) is 17.1. The minimum absolute atomic E-state index is 0.0657. The molecule has 0 radical (unpaired) electrons. The largest absolute Gasteiger partial charge is 0.480 e. The zero-order valence-electron chi connectivity index (χ0n) is 16.5. The van der Waals surface area contributed by atoms with E-state index >= 15 is 0 Å². The van der Waals surface area contributed by atoms with E-state index in [1.165, 1.54) is 10.6 Å². The van der Waals surface area contributed by atoms with E-state index in [1.807, 2.05) is 6.07 Å². The smallest absolute Gasteiger partial charge is 0.228 e. The summed E-state index contributed by atoms with van der Waals surface area (Å²) in [6.45, 7) is 0.592. The van der Waals surface area contributed by atoms with Crippen molar-refractivity contribution in [2.24, 2.45) is 0 Å². The number of carbonyl (C=O) groups excluding carboxylic acids is 1. The minimum atomic E-state index is -0.433. The Kier molecular flexibility index (Phi) is 4.27. The summed E-state index contributed by atoms with van der Waals surface area (Å²) >= 11 is 0. The molecule has 0 unspecified atom stereocenters. The third-order valence-electron chi connectivity index (χ3n) is 5.42. The highest BCUT2D eigenvalue weighted by atomic mass is 19.1. The fraction of sp³-hybridized carbons (Fsp3) is 0.300. The summed E-state index contributed by atoms with van der Waals surface area (Å²) < 4.78 is 20.9. The summed E-state index contributed by atoms with van der Waals surface area (Å²) in [7, 11) is 3.34. The molecule has 0 spiro atoms. The lowest BCUT2D eigenvalue weighted by Gasteiger charge is -2.30. The van der Waals surface area contributed by atoms with Gasteiger partial charge in [-0.05, 0) is 18.6 Å². The number of aromatic amines is 1. The molecular weight excluding hydrogens is 389 g/mol. The quantitative estimate of drug-likeness (QED) is 0.537. The van der Waals surface area contributed by atoms with Crippen molar-refractivity contribution in [1.82, 2.24) is 29.2 Å². The van der Waals surface area contributed by atoms with Crippen LogP contribution in [0.2, 0.25) is 0 Å². The van der Waals surface area contributed by atoms with E-state index in [1.54, 1.807) is 37.5 Å². The van der Waals surface area contributed by atoms with Gasteiger partial charge in [-0.15, -0.1) is 0 Å². The number of amides is 1. The van der Waals surface area contributed by atoms with E-state index in [2.05, 4.69) is 25.3 Å². The minimum Gasteiger partial charge on any atom is -0.480 e. The molecule has 4 aromatic heterocycles. The number of hydrogen-bond acceptors (Lipinski definition) is 6. The molecule has 30 heavy (non-hydrogen) atoms. The van der Waals surface area contributed by atoms with Crippen molar-refractivity contribution in [2.75, 3.05) is 26.0 Å². The maximum Gasteiger partial charge on any atom is 0.228 e. The van der Waals surface area contributed by atoms with Crippen molar-refractivity contribution >= 4 is 28.5 Å². The predicted molar refractivity (Wildman–Crippen MR) is 109 cm³/mol. The van der Waals surface area contributed by atoms with Crippen molar-refractivity contribution < 1.29 is 13.9 Å². The van der Waals surface area contributed by atoms with Crippen LogP contribution in [0.25, 0.3) is 27.8 Å². The number of H-pyrrole nitrogens is 1. The highest BCUT2D eigenvalue weighted by Gasteiger charge is 2.24. The molecule has 0 aliphatic carbocycles. The first-order chi connectivity index (χ1) is 14.5. The summed E-state index contributed by atoms with van der Waals surface area (Å²) in [5, 5.41) is 4.01. The van der Waals surface area contributed by atoms with Crippen LogP contribution in [0.1, 0.15) is 12.8 Å². The van der Waals surface area contributed by atoms with Gasteiger partial charge in [-0.25, -0.2) is 4.98 Å². The van der Waals surface area contributed by atoms with Crippen LogP contribution in [0.4, 0.5) is 10.3 Å². The number of halogens is 1. The van der Waals surface area contributed by atoms with Gasteiger partial charge in [0, 0.05) is 49.6 Å². The van der Waals surface area contributed by atoms with Crippen LogP contribution in [0.3, 0.4) is 0 Å². The molecule has 5 rings (SSSR count). The Morgan fingerprint density at radius 3 is 3.00 bits per heavy atom. The summed E-state index contributed by atoms with van der Waals surface area (Å²) in [5.41, 5.74) is 2.71. The number of pyridine rings is 1. The molecule has 10 heteroatoms. The van der Waals surface area contributed by atoms with E-state index in [0.29, 0.717) is 41.5 Å². The zero-order chi connectivity index (χ0) is 20.8. The Hall–Kier alpha value is -3.69. The van der Waals surface area contributed by atoms with Gasteiger partial charge in [0.1, 0.15) is 11.3 Å². The number of rotatable bonds is 4. The summed E-state index contributed by atoms with van der Waals surface area (Å²) in [6.07, 6.45) is 5.88. The first-order valence-electron chi connectivity index (χ1n) is 9.60. The number of fused-ring (bicyclic) bond motifs is 2. The monoisotopic (exact) mass is 409 g/mol. The molecule has 1 saturated heterocycles. The second-order valence-corrected chi connectivity index (χ2v) is 7.36. The highest BCUT2D eigenvalue weighted by molar-refractivity contribution is 5.97. The van der Waals surface area contributed by atoms with Gasteiger partial charge in [0.2, 0.25) is 23.7 Å². The van der Waals surface area contributed by atoms with Crippen LogP contribution in [0.5, 0.6) is 5.88 Å². The highest BCUT2D eigenvalue weighted by Crippen LogP contribution is 2.34. The number of imidazole rings is 1. The number of likely N-dealkylation sites (N-methyl/N-ethyl adjacent to an activating group) is 1. The number of carbonyl (C=O) groups is 1. The van der Waals surface area contributed by atoms with Gasteiger partial charge in [0.15, 0.2) is 0 Å². The van der Waals surface area contributed by atoms with Crippen molar-refractivity contribution in [3.05, 3.63) is 36.7 Å². The standard InChI is InChI=1S/C20H20FN7O2/c1-27-10-12(4-6-16(27)29)24-20-25-18-17(19(26-20)30-2)13(7-23-18)11-3-5-15-22-8-14(21)28(15)9-11/h3,5,7-9,12H,4,6,10H2,1-2H3,(H2,23,24,25,26)/t12-/m0/s1. The molecule has 0 saturated carbocycles. The number of nitrogens with zero attached hydrogens (tertiary/aromatic N) is 5. The molecule has 5 heterocycles. The zero-order valence-corrected chi connectivity index (χ0v) is 16.5. The Bertz CT molecular complexity index is 1260. The van der Waals surface area contributed by atoms with E-state index in [0.717, 1.165) is 17.5 Å². The van der Waals surface area contributed by atoms with Gasteiger partial charge in [0.25, 0.3) is 0 Å². The van der Waals surface area contributed by atoms with Crippen LogP contribution < -0.4 is 10.1 Å². The predicted octanol–water partition coefficient (Wildman–Crippen LogP) is 2.45. The van der Waals surface area contributed by atoms with Crippen molar-refractivity contribution in [3.63, 3.8) is 0 Å². The fourth-order valence-corrected chi connectivity index (χ4v) is 3.86. The van der Waals surface area contributed by atoms with E-state index in [4.69, 9.17) is 4.74 Å². The third kappa shape index (κ3) is 3.00. The maximum absolute atomic E-state index is 14.0. The average molecular weight is 409 g/mol. The molecule has 1 fully saturated rings. The maximum atomic E-state index is 14.0. The van der Waals surface area contributed by atoms with Crippen molar-refractivity contribution in [2.45, 2.75) is 18.9 Å². The SMILES string of the molecule is COc1nc(N[C@H]2CCC(=O)N(C)C2)nc2[nH]cc(-c3ccc4ncc(F)n4c3)c12. The molecule has 1 aliphatic rings. The number of aromatic nitrogens is 5. The van der Waals surface area contributed by atoms with Gasteiger partial charge in [-0.3, -0.25) is 9.20 Å². The second-order valence-electron chi connectivity index (χ2n) is 7.36. The van der Waals surface area contributed by atoms with Gasteiger partial charge < -0.3 is 19.9 Å². The molecule has 0 bridgehead atoms. The molecule has 0 aromatic carbocycles. The first kappa shape index (κ1) is 18.3. The molecule has 1 atom stereocenters. The molecule has 1 amide bonds. The topological polar surface area (TPSA) is 100 Å². The second kappa shape index (κ2) is 6.97. The number of nitrogens with one attached hydrogen (secondary N) is 2. The first-order valence-corrected chi connectivity index (χ1v) is 9.60. The van der Waals surface area contributed by atoms with Gasteiger partial charge >= 0.3 is 0 Å². The van der Waals surface area contributed by atoms with Crippen LogP contribution in [-0.2, 0) is 4.79 Å². The summed E-state index contributed by atoms with van der Waals surface area (Å²) in [5.74, 6) is 0.543. The molecule has 1 aliphatic heterocycles. The summed E-state index contributed by atoms with van der Waals surface area (Å²) in [6, 6.07) is 3.68. The Balaban J connectivity index is 1.52. The molecular formula is C20H20FN7O2. The van der Waals surface area contributed by atoms with E-state index in [9.17, 15) is 9.18 Å². The van der Waals surface area contributed by atoms with Crippen LogP contribution in [0, 0.1) is 5.95 Å². The molecule has 2 N–H and O–H groups in total. The van der Waals surface area contributed by atoms with E-state index in [-0.39, 0.29) is 11.9 Å². The Morgan fingerprint density at radius 1 is 1.33 bits per heavy atom. The Labute approximate surface area is 170 Å². The van der Waals surface area contributed by atoms with Crippen molar-refractivity contribution in [3.8, 4) is 17.0 Å². The molecule has 154 valence electrons. The number of hydrogen-bond donors (Lipinski definition) is 2. The van der Waals surface area contributed by atoms with Crippen LogP contribution in [-0.4, -0.2) is 61.9 Å². The number of anilines is 1. The lowest BCUT2D eigenvalue weighted by molar-refractivity contribution is -0.132. The number of methoxy groups -OCH3 is 1. The van der Waals surface area contributed by atoms with Crippen LogP contribution >= 0.6 is 0 Å². The van der Waals surface area contributed by atoms with E-state index < -0.39 is 5.95 Å². The molecule has 9 nitrogen and oxygen atoms in total. The lowest BCUT2D eigenvalue weighted by Crippen LogP contribution is -2.43.